The van der Waals surface area contributed by atoms with Crippen LogP contribution in [-0.4, -0.2) is 9.97 Å². The van der Waals surface area contributed by atoms with Gasteiger partial charge in [-0.3, -0.25) is 0 Å². The van der Waals surface area contributed by atoms with Crippen LogP contribution in [0.3, 0.4) is 0 Å². The van der Waals surface area contributed by atoms with Gasteiger partial charge in [-0.25, -0.2) is 9.97 Å². The van der Waals surface area contributed by atoms with Gasteiger partial charge in [-0.1, -0.05) is 32.4 Å². The standard InChI is InChI=1S/C12H14ClN3/c1-12(2,3)10-8-6-7(13)4-5-9(8)15-11(14)16-10/h4-6H,1-3H3,(H2,14,15,16). The third-order valence-electron chi connectivity index (χ3n) is 2.39. The Bertz CT molecular complexity index is 544. The lowest BCUT2D eigenvalue weighted by Crippen LogP contribution is -2.16. The lowest BCUT2D eigenvalue weighted by molar-refractivity contribution is 0.575. The zero-order valence-electron chi connectivity index (χ0n) is 9.58. The molecule has 2 N–H and O–H groups in total. The minimum absolute atomic E-state index is 0.0833. The number of fused-ring (bicyclic) bond motifs is 1. The number of nitrogens with two attached hydrogens (primary N) is 1. The first-order valence-electron chi connectivity index (χ1n) is 5.11. The van der Waals surface area contributed by atoms with Crippen molar-refractivity contribution in [2.75, 3.05) is 5.73 Å². The van der Waals surface area contributed by atoms with Crippen molar-refractivity contribution in [2.45, 2.75) is 26.2 Å². The van der Waals surface area contributed by atoms with E-state index in [9.17, 15) is 0 Å². The largest absolute Gasteiger partial charge is 0.368 e. The van der Waals surface area contributed by atoms with Gasteiger partial charge in [0, 0.05) is 15.8 Å². The number of nitrogen functional groups attached to an aromatic ring is 1. The molecule has 16 heavy (non-hydrogen) atoms. The molecule has 0 fully saturated rings. The van der Waals surface area contributed by atoms with E-state index in [0.29, 0.717) is 11.0 Å². The van der Waals surface area contributed by atoms with E-state index < -0.39 is 0 Å². The molecule has 0 amide bonds. The summed E-state index contributed by atoms with van der Waals surface area (Å²) in [6, 6.07) is 5.56. The fraction of sp³-hybridized carbons (Fsp3) is 0.333. The number of aromatic nitrogens is 2. The van der Waals surface area contributed by atoms with Crippen LogP contribution < -0.4 is 5.73 Å². The molecule has 0 spiro atoms. The number of rotatable bonds is 0. The number of hydrogen-bond donors (Lipinski definition) is 1. The number of nitrogens with zero attached hydrogens (tertiary/aromatic N) is 2. The molecule has 0 bridgehead atoms. The van der Waals surface area contributed by atoms with Crippen LogP contribution in [0.4, 0.5) is 5.95 Å². The fourth-order valence-corrected chi connectivity index (χ4v) is 1.86. The molecule has 0 aliphatic rings. The Morgan fingerprint density at radius 3 is 2.50 bits per heavy atom. The molecule has 2 rings (SSSR count). The van der Waals surface area contributed by atoms with Crippen molar-refractivity contribution in [3.05, 3.63) is 28.9 Å². The van der Waals surface area contributed by atoms with Crippen molar-refractivity contribution in [1.29, 1.82) is 0 Å². The van der Waals surface area contributed by atoms with Crippen LogP contribution in [0.1, 0.15) is 26.5 Å². The first-order chi connectivity index (χ1) is 7.38. The van der Waals surface area contributed by atoms with Crippen LogP contribution in [0.15, 0.2) is 18.2 Å². The zero-order valence-corrected chi connectivity index (χ0v) is 10.3. The quantitative estimate of drug-likeness (QED) is 0.763. The van der Waals surface area contributed by atoms with Gasteiger partial charge >= 0.3 is 0 Å². The molecule has 0 atom stereocenters. The molecule has 0 radical (unpaired) electrons. The van der Waals surface area contributed by atoms with Gasteiger partial charge in [-0.15, -0.1) is 0 Å². The first-order valence-corrected chi connectivity index (χ1v) is 5.49. The molecule has 3 nitrogen and oxygen atoms in total. The van der Waals surface area contributed by atoms with Crippen molar-refractivity contribution < 1.29 is 0 Å². The number of halogens is 1. The van der Waals surface area contributed by atoms with Crippen molar-refractivity contribution in [1.82, 2.24) is 9.97 Å². The van der Waals surface area contributed by atoms with Crippen LogP contribution in [0.25, 0.3) is 10.9 Å². The monoisotopic (exact) mass is 235 g/mol. The molecule has 84 valence electrons. The molecular weight excluding hydrogens is 222 g/mol. The molecule has 1 aromatic carbocycles. The first kappa shape index (κ1) is 11.1. The third kappa shape index (κ3) is 1.95. The van der Waals surface area contributed by atoms with E-state index in [-0.39, 0.29) is 5.41 Å². The fourth-order valence-electron chi connectivity index (χ4n) is 1.69. The van der Waals surface area contributed by atoms with Gasteiger partial charge < -0.3 is 5.73 Å². The van der Waals surface area contributed by atoms with Crippen LogP contribution in [0.5, 0.6) is 0 Å². The van der Waals surface area contributed by atoms with Gasteiger partial charge in [-0.05, 0) is 18.2 Å². The van der Waals surface area contributed by atoms with Gasteiger partial charge in [-0.2, -0.15) is 0 Å². The minimum Gasteiger partial charge on any atom is -0.368 e. The van der Waals surface area contributed by atoms with Gasteiger partial charge in [0.05, 0.1) is 11.2 Å². The van der Waals surface area contributed by atoms with E-state index in [1.165, 1.54) is 0 Å². The van der Waals surface area contributed by atoms with E-state index >= 15 is 0 Å². The van der Waals surface area contributed by atoms with Crippen LogP contribution in [0, 0.1) is 0 Å². The van der Waals surface area contributed by atoms with E-state index in [4.69, 9.17) is 17.3 Å². The minimum atomic E-state index is -0.0833. The number of anilines is 1. The maximum atomic E-state index is 5.99. The van der Waals surface area contributed by atoms with Crippen LogP contribution in [-0.2, 0) is 5.41 Å². The van der Waals surface area contributed by atoms with Gasteiger partial charge in [0.1, 0.15) is 0 Å². The highest BCUT2D eigenvalue weighted by Gasteiger charge is 2.20. The van der Waals surface area contributed by atoms with Gasteiger partial charge in [0.25, 0.3) is 0 Å². The average molecular weight is 236 g/mol. The maximum absolute atomic E-state index is 5.99. The summed E-state index contributed by atoms with van der Waals surface area (Å²) in [7, 11) is 0. The summed E-state index contributed by atoms with van der Waals surface area (Å²) in [6.07, 6.45) is 0. The van der Waals surface area contributed by atoms with Crippen LogP contribution >= 0.6 is 11.6 Å². The molecule has 0 unspecified atom stereocenters. The molecular formula is C12H14ClN3. The summed E-state index contributed by atoms with van der Waals surface area (Å²) in [4.78, 5) is 8.52. The second kappa shape index (κ2) is 3.59. The number of hydrogen-bond acceptors (Lipinski definition) is 3. The van der Waals surface area contributed by atoms with Crippen molar-refractivity contribution in [2.24, 2.45) is 0 Å². The summed E-state index contributed by atoms with van der Waals surface area (Å²) in [5, 5.41) is 1.65. The van der Waals surface area contributed by atoms with E-state index in [1.807, 2.05) is 18.2 Å². The Labute approximate surface area is 99.7 Å². The Hall–Kier alpha value is -1.35. The smallest absolute Gasteiger partial charge is 0.220 e. The summed E-state index contributed by atoms with van der Waals surface area (Å²) in [5.41, 5.74) is 7.38. The Morgan fingerprint density at radius 2 is 1.88 bits per heavy atom. The van der Waals surface area contributed by atoms with E-state index in [2.05, 4.69) is 30.7 Å². The molecule has 4 heteroatoms. The molecule has 1 heterocycles. The van der Waals surface area contributed by atoms with Crippen molar-refractivity contribution >= 4 is 28.5 Å². The highest BCUT2D eigenvalue weighted by atomic mass is 35.5. The predicted octanol–water partition coefficient (Wildman–Crippen LogP) is 3.16. The lowest BCUT2D eigenvalue weighted by atomic mass is 9.89. The molecule has 0 aliphatic heterocycles. The predicted molar refractivity (Wildman–Crippen MR) is 67.7 cm³/mol. The Morgan fingerprint density at radius 1 is 1.19 bits per heavy atom. The average Bonchev–Trinajstić information content (AvgIpc) is 2.16. The molecule has 0 aliphatic carbocycles. The Kier molecular flexibility index (Phi) is 2.50. The molecule has 1 aromatic heterocycles. The molecule has 2 aromatic rings. The topological polar surface area (TPSA) is 51.8 Å². The summed E-state index contributed by atoms with van der Waals surface area (Å²) < 4.78 is 0. The summed E-state index contributed by atoms with van der Waals surface area (Å²) >= 11 is 5.99. The van der Waals surface area contributed by atoms with Gasteiger partial charge in [0.15, 0.2) is 0 Å². The maximum Gasteiger partial charge on any atom is 0.220 e. The van der Waals surface area contributed by atoms with Gasteiger partial charge in [0.2, 0.25) is 5.95 Å². The molecule has 0 saturated heterocycles. The second-order valence-corrected chi connectivity index (χ2v) is 5.28. The third-order valence-corrected chi connectivity index (χ3v) is 2.62. The normalized spacial score (nSPS) is 12.0. The van der Waals surface area contributed by atoms with Crippen molar-refractivity contribution in [3.63, 3.8) is 0 Å². The number of benzene rings is 1. The van der Waals surface area contributed by atoms with E-state index in [0.717, 1.165) is 16.6 Å². The van der Waals surface area contributed by atoms with Crippen LogP contribution in [0.2, 0.25) is 5.02 Å². The summed E-state index contributed by atoms with van der Waals surface area (Å²) in [5.74, 6) is 0.305. The SMILES string of the molecule is CC(C)(C)c1nc(N)nc2ccc(Cl)cc12. The summed E-state index contributed by atoms with van der Waals surface area (Å²) in [6.45, 7) is 6.28. The molecule has 0 saturated carbocycles. The lowest BCUT2D eigenvalue weighted by Gasteiger charge is -2.20. The Balaban J connectivity index is 2.85. The van der Waals surface area contributed by atoms with E-state index in [1.54, 1.807) is 0 Å². The zero-order chi connectivity index (χ0) is 11.9. The van der Waals surface area contributed by atoms with Crippen molar-refractivity contribution in [3.8, 4) is 0 Å². The highest BCUT2D eigenvalue weighted by molar-refractivity contribution is 6.31. The second-order valence-electron chi connectivity index (χ2n) is 4.84. The highest BCUT2D eigenvalue weighted by Crippen LogP contribution is 2.29.